The fourth-order valence-electron chi connectivity index (χ4n) is 2.09. The molecule has 1 heterocycles. The van der Waals surface area contributed by atoms with E-state index in [9.17, 15) is 8.78 Å². The number of para-hydroxylation sites is 2. The maximum Gasteiger partial charge on any atom is 0.387 e. The molecule has 0 spiro atoms. The molecule has 0 aliphatic carbocycles. The summed E-state index contributed by atoms with van der Waals surface area (Å²) in [6.45, 7) is -2.84. The van der Waals surface area contributed by atoms with Crippen LogP contribution in [0, 0.1) is 6.07 Å². The van der Waals surface area contributed by atoms with E-state index in [0.29, 0.717) is 5.69 Å². The average molecular weight is 258 g/mol. The van der Waals surface area contributed by atoms with Gasteiger partial charge in [-0.2, -0.15) is 8.78 Å². The van der Waals surface area contributed by atoms with E-state index < -0.39 is 6.61 Å². The highest BCUT2D eigenvalue weighted by molar-refractivity contribution is 5.82. The second-order valence-electron chi connectivity index (χ2n) is 4.02. The highest BCUT2D eigenvalue weighted by Gasteiger charge is 2.11. The molecule has 0 N–H and O–H groups in total. The van der Waals surface area contributed by atoms with Crippen molar-refractivity contribution in [2.24, 2.45) is 0 Å². The first-order chi connectivity index (χ1) is 9.25. The maximum atomic E-state index is 12.4. The molecule has 19 heavy (non-hydrogen) atoms. The largest absolute Gasteiger partial charge is 0.433 e. The van der Waals surface area contributed by atoms with E-state index in [-0.39, 0.29) is 5.75 Å². The quantitative estimate of drug-likeness (QED) is 0.691. The van der Waals surface area contributed by atoms with E-state index in [2.05, 4.69) is 10.8 Å². The predicted molar refractivity (Wildman–Crippen MR) is 68.7 cm³/mol. The number of ether oxygens (including phenoxy) is 1. The Morgan fingerprint density at radius 1 is 1.11 bits per heavy atom. The smallest absolute Gasteiger partial charge is 0.387 e. The zero-order chi connectivity index (χ0) is 13.2. The molecule has 0 fully saturated rings. The Hall–Kier alpha value is -2.36. The number of aromatic nitrogens is 1. The van der Waals surface area contributed by atoms with Crippen molar-refractivity contribution >= 4 is 10.9 Å². The van der Waals surface area contributed by atoms with Gasteiger partial charge in [0.1, 0.15) is 5.75 Å². The molecule has 0 bridgehead atoms. The van der Waals surface area contributed by atoms with Crippen molar-refractivity contribution < 1.29 is 13.5 Å². The van der Waals surface area contributed by atoms with Gasteiger partial charge in [0.15, 0.2) is 0 Å². The van der Waals surface area contributed by atoms with Crippen LogP contribution >= 0.6 is 0 Å². The van der Waals surface area contributed by atoms with Crippen LogP contribution in [0.1, 0.15) is 0 Å². The number of halogens is 2. The van der Waals surface area contributed by atoms with Crippen molar-refractivity contribution in [3.05, 3.63) is 60.8 Å². The van der Waals surface area contributed by atoms with Crippen molar-refractivity contribution in [1.29, 1.82) is 0 Å². The van der Waals surface area contributed by atoms with Crippen molar-refractivity contribution in [1.82, 2.24) is 4.57 Å². The number of nitrogens with zero attached hydrogens (tertiary/aromatic N) is 1. The standard InChI is InChI=1S/C15H10F2NO/c16-15(17)19-14-8-4-3-7-13(14)18-10-9-11-5-1-2-6-12(11)18/h2-10,15H. The minimum atomic E-state index is -2.84. The molecule has 1 aromatic heterocycles. The van der Waals surface area contributed by atoms with Crippen molar-refractivity contribution in [3.8, 4) is 11.4 Å². The lowest BCUT2D eigenvalue weighted by atomic mass is 10.2. The Morgan fingerprint density at radius 3 is 2.79 bits per heavy atom. The van der Waals surface area contributed by atoms with Gasteiger partial charge < -0.3 is 9.30 Å². The molecule has 0 amide bonds. The molecule has 0 unspecified atom stereocenters. The van der Waals surface area contributed by atoms with Gasteiger partial charge in [-0.05, 0) is 36.4 Å². The van der Waals surface area contributed by atoms with Crippen molar-refractivity contribution in [3.63, 3.8) is 0 Å². The summed E-state index contributed by atoms with van der Waals surface area (Å²) in [7, 11) is 0. The second kappa shape index (κ2) is 4.72. The summed E-state index contributed by atoms with van der Waals surface area (Å²) in [5, 5.41) is 0.995. The van der Waals surface area contributed by atoms with Crippen LogP contribution in [0.25, 0.3) is 16.6 Å². The zero-order valence-corrected chi connectivity index (χ0v) is 9.88. The molecule has 0 saturated heterocycles. The number of benzene rings is 2. The van der Waals surface area contributed by atoms with Crippen LogP contribution in [0.2, 0.25) is 0 Å². The zero-order valence-electron chi connectivity index (χ0n) is 9.88. The fraction of sp³-hybridized carbons (Fsp3) is 0.0667. The molecule has 4 heteroatoms. The monoisotopic (exact) mass is 258 g/mol. The maximum absolute atomic E-state index is 12.4. The van der Waals surface area contributed by atoms with Gasteiger partial charge in [0, 0.05) is 11.6 Å². The summed E-state index contributed by atoms with van der Waals surface area (Å²) in [5.41, 5.74) is 1.51. The molecule has 2 aromatic carbocycles. The number of rotatable bonds is 3. The van der Waals surface area contributed by atoms with Crippen LogP contribution in [0.4, 0.5) is 8.78 Å². The van der Waals surface area contributed by atoms with Crippen LogP contribution in [0.15, 0.2) is 54.7 Å². The summed E-state index contributed by atoms with van der Waals surface area (Å²) < 4.78 is 31.2. The van der Waals surface area contributed by atoms with E-state index >= 15 is 0 Å². The van der Waals surface area contributed by atoms with Gasteiger partial charge in [0.2, 0.25) is 0 Å². The number of hydrogen-bond donors (Lipinski definition) is 0. The Balaban J connectivity index is 2.16. The lowest BCUT2D eigenvalue weighted by Gasteiger charge is -2.12. The minimum Gasteiger partial charge on any atom is -0.433 e. The van der Waals surface area contributed by atoms with Crippen LogP contribution in [-0.2, 0) is 0 Å². The first-order valence-electron chi connectivity index (χ1n) is 5.77. The van der Waals surface area contributed by atoms with Gasteiger partial charge in [-0.15, -0.1) is 0 Å². The van der Waals surface area contributed by atoms with Gasteiger partial charge in [-0.3, -0.25) is 0 Å². The molecule has 1 radical (unpaired) electrons. The molecule has 0 aliphatic rings. The average Bonchev–Trinajstić information content (AvgIpc) is 2.82. The van der Waals surface area contributed by atoms with E-state index in [1.54, 1.807) is 24.3 Å². The van der Waals surface area contributed by atoms with Crippen LogP contribution in [0.3, 0.4) is 0 Å². The summed E-state index contributed by atoms with van der Waals surface area (Å²) in [4.78, 5) is 0. The van der Waals surface area contributed by atoms with E-state index in [1.165, 1.54) is 6.07 Å². The van der Waals surface area contributed by atoms with Crippen LogP contribution < -0.4 is 4.74 Å². The van der Waals surface area contributed by atoms with Gasteiger partial charge in [-0.25, -0.2) is 0 Å². The van der Waals surface area contributed by atoms with Gasteiger partial charge in [-0.1, -0.05) is 18.2 Å². The van der Waals surface area contributed by atoms with Gasteiger partial charge >= 0.3 is 6.61 Å². The van der Waals surface area contributed by atoms with E-state index in [4.69, 9.17) is 0 Å². The first kappa shape index (κ1) is 11.7. The molecule has 95 valence electrons. The molecule has 0 aliphatic heterocycles. The minimum absolute atomic E-state index is 0.155. The third-order valence-electron chi connectivity index (χ3n) is 2.88. The molecule has 3 aromatic rings. The summed E-state index contributed by atoms with van der Waals surface area (Å²) in [6, 6.07) is 17.1. The summed E-state index contributed by atoms with van der Waals surface area (Å²) in [6.07, 6.45) is 1.83. The third kappa shape index (κ3) is 2.17. The topological polar surface area (TPSA) is 14.2 Å². The molecule has 0 saturated carbocycles. The first-order valence-corrected chi connectivity index (χ1v) is 5.77. The molecular weight excluding hydrogens is 248 g/mol. The van der Waals surface area contributed by atoms with Gasteiger partial charge in [0.05, 0.1) is 11.2 Å². The SMILES string of the molecule is FC(F)Oc1ccccc1-n1ccc2c[c]ccc21. The Bertz CT molecular complexity index is 706. The van der Waals surface area contributed by atoms with Gasteiger partial charge in [0.25, 0.3) is 0 Å². The molecule has 3 rings (SSSR count). The molecule has 2 nitrogen and oxygen atoms in total. The Labute approximate surface area is 108 Å². The Morgan fingerprint density at radius 2 is 1.95 bits per heavy atom. The fourth-order valence-corrected chi connectivity index (χ4v) is 2.09. The van der Waals surface area contributed by atoms with Crippen molar-refractivity contribution in [2.45, 2.75) is 6.61 Å². The van der Waals surface area contributed by atoms with Crippen LogP contribution in [0.5, 0.6) is 5.75 Å². The number of fused-ring (bicyclic) bond motifs is 1. The van der Waals surface area contributed by atoms with E-state index in [0.717, 1.165) is 10.9 Å². The predicted octanol–water partition coefficient (Wildman–Crippen LogP) is 4.03. The number of alkyl halides is 2. The second-order valence-corrected chi connectivity index (χ2v) is 4.02. The Kier molecular flexibility index (Phi) is 2.91. The molecule has 0 atom stereocenters. The third-order valence-corrected chi connectivity index (χ3v) is 2.88. The summed E-state index contributed by atoms with van der Waals surface area (Å²) in [5.74, 6) is 0.155. The number of hydrogen-bond acceptors (Lipinski definition) is 1. The lowest BCUT2D eigenvalue weighted by Crippen LogP contribution is -2.05. The lowest BCUT2D eigenvalue weighted by molar-refractivity contribution is -0.0498. The summed E-state index contributed by atoms with van der Waals surface area (Å²) >= 11 is 0. The van der Waals surface area contributed by atoms with E-state index in [1.807, 2.05) is 29.0 Å². The highest BCUT2D eigenvalue weighted by atomic mass is 19.3. The highest BCUT2D eigenvalue weighted by Crippen LogP contribution is 2.28. The normalized spacial score (nSPS) is 11.1. The van der Waals surface area contributed by atoms with Crippen molar-refractivity contribution in [2.75, 3.05) is 0 Å². The van der Waals surface area contributed by atoms with Crippen LogP contribution in [-0.4, -0.2) is 11.2 Å². The molecular formula is C15H10F2NO.